The number of pyridine rings is 1. The van der Waals surface area contributed by atoms with Crippen LogP contribution in [0, 0.1) is 6.92 Å². The van der Waals surface area contributed by atoms with Crippen molar-refractivity contribution in [3.63, 3.8) is 0 Å². The standard InChI is InChI=1S/C12H18BNO3/c1-8-6-9(14-10(15)7-8)13-16-11(2,3)12(4,5)17-13/h6-7H,1-5H3,(H,14,15). The Balaban J connectivity index is 2.35. The van der Waals surface area contributed by atoms with Crippen LogP contribution in [0.25, 0.3) is 0 Å². The maximum Gasteiger partial charge on any atom is 0.512 e. The van der Waals surface area contributed by atoms with Crippen molar-refractivity contribution in [3.05, 3.63) is 28.0 Å². The Morgan fingerprint density at radius 1 is 1.12 bits per heavy atom. The molecule has 5 heteroatoms. The SMILES string of the molecule is Cc1cc(B2OC(C)(C)C(C)(C)O2)[nH]c(=O)c1. The smallest absolute Gasteiger partial charge is 0.398 e. The molecule has 4 nitrogen and oxygen atoms in total. The van der Waals surface area contributed by atoms with Crippen molar-refractivity contribution in [2.45, 2.75) is 45.8 Å². The van der Waals surface area contributed by atoms with E-state index in [1.165, 1.54) is 0 Å². The number of hydrogen-bond acceptors (Lipinski definition) is 3. The van der Waals surface area contributed by atoms with E-state index in [-0.39, 0.29) is 5.56 Å². The first-order valence-corrected chi connectivity index (χ1v) is 5.78. The highest BCUT2D eigenvalue weighted by Gasteiger charge is 2.52. The minimum Gasteiger partial charge on any atom is -0.398 e. The molecule has 1 aromatic rings. The van der Waals surface area contributed by atoms with Crippen LogP contribution in [0.15, 0.2) is 16.9 Å². The van der Waals surface area contributed by atoms with E-state index in [4.69, 9.17) is 9.31 Å². The molecule has 0 spiro atoms. The molecule has 0 saturated carbocycles. The second-order valence-electron chi connectivity index (χ2n) is 5.57. The fraction of sp³-hybridized carbons (Fsp3) is 0.583. The summed E-state index contributed by atoms with van der Waals surface area (Å²) < 4.78 is 11.7. The number of rotatable bonds is 1. The molecule has 0 atom stereocenters. The second-order valence-corrected chi connectivity index (χ2v) is 5.57. The van der Waals surface area contributed by atoms with E-state index in [1.54, 1.807) is 6.07 Å². The van der Waals surface area contributed by atoms with Gasteiger partial charge in [0, 0.05) is 11.7 Å². The number of nitrogens with one attached hydrogen (secondary N) is 1. The highest BCUT2D eigenvalue weighted by atomic mass is 16.7. The number of H-pyrrole nitrogens is 1. The molecule has 0 aromatic carbocycles. The Morgan fingerprint density at radius 2 is 1.65 bits per heavy atom. The molecule has 1 N–H and O–H groups in total. The van der Waals surface area contributed by atoms with Crippen LogP contribution in [0.5, 0.6) is 0 Å². The van der Waals surface area contributed by atoms with Gasteiger partial charge in [0.1, 0.15) is 0 Å². The highest BCUT2D eigenvalue weighted by Crippen LogP contribution is 2.36. The van der Waals surface area contributed by atoms with Gasteiger partial charge in [0.15, 0.2) is 0 Å². The summed E-state index contributed by atoms with van der Waals surface area (Å²) in [5.74, 6) is 0. The minimum absolute atomic E-state index is 0.130. The average molecular weight is 235 g/mol. The van der Waals surface area contributed by atoms with Gasteiger partial charge in [0.2, 0.25) is 5.56 Å². The van der Waals surface area contributed by atoms with E-state index in [0.29, 0.717) is 5.59 Å². The van der Waals surface area contributed by atoms with Gasteiger partial charge in [-0.05, 0) is 46.2 Å². The molecule has 1 aliphatic rings. The summed E-state index contributed by atoms with van der Waals surface area (Å²) in [4.78, 5) is 14.2. The van der Waals surface area contributed by atoms with Crippen LogP contribution in [0.1, 0.15) is 33.3 Å². The van der Waals surface area contributed by atoms with Gasteiger partial charge in [-0.1, -0.05) is 0 Å². The molecule has 1 aliphatic heterocycles. The molecule has 2 rings (SSSR count). The van der Waals surface area contributed by atoms with Crippen molar-refractivity contribution in [2.24, 2.45) is 0 Å². The number of hydrogen-bond donors (Lipinski definition) is 1. The summed E-state index contributed by atoms with van der Waals surface area (Å²) in [7, 11) is -0.507. The summed E-state index contributed by atoms with van der Waals surface area (Å²) >= 11 is 0. The zero-order valence-corrected chi connectivity index (χ0v) is 11.0. The predicted octanol–water partition coefficient (Wildman–Crippen LogP) is 0.983. The summed E-state index contributed by atoms with van der Waals surface area (Å²) in [6.07, 6.45) is 0. The Labute approximate surface area is 101 Å². The molecule has 2 heterocycles. The van der Waals surface area contributed by atoms with Crippen molar-refractivity contribution in [1.29, 1.82) is 0 Å². The minimum atomic E-state index is -0.507. The van der Waals surface area contributed by atoms with E-state index in [9.17, 15) is 4.79 Å². The van der Waals surface area contributed by atoms with E-state index in [1.807, 2.05) is 40.7 Å². The van der Waals surface area contributed by atoms with Gasteiger partial charge in [0.25, 0.3) is 0 Å². The third-order valence-electron chi connectivity index (χ3n) is 3.52. The fourth-order valence-electron chi connectivity index (χ4n) is 1.81. The highest BCUT2D eigenvalue weighted by molar-refractivity contribution is 6.61. The van der Waals surface area contributed by atoms with Crippen LogP contribution >= 0.6 is 0 Å². The lowest BCUT2D eigenvalue weighted by atomic mass is 9.83. The molecule has 0 unspecified atom stereocenters. The average Bonchev–Trinajstić information content (AvgIpc) is 2.34. The quantitative estimate of drug-likeness (QED) is 0.738. The van der Waals surface area contributed by atoms with Crippen LogP contribution in [-0.4, -0.2) is 23.3 Å². The maximum atomic E-state index is 11.4. The third-order valence-corrected chi connectivity index (χ3v) is 3.52. The van der Waals surface area contributed by atoms with Crippen molar-refractivity contribution in [2.75, 3.05) is 0 Å². The molecule has 0 amide bonds. The van der Waals surface area contributed by atoms with Gasteiger partial charge in [-0.15, -0.1) is 0 Å². The molecule has 1 aromatic heterocycles. The number of aromatic amines is 1. The van der Waals surface area contributed by atoms with Crippen LogP contribution in [-0.2, 0) is 9.31 Å². The van der Waals surface area contributed by atoms with Gasteiger partial charge in [0.05, 0.1) is 11.2 Å². The molecule has 17 heavy (non-hydrogen) atoms. The first-order valence-electron chi connectivity index (χ1n) is 5.78. The van der Waals surface area contributed by atoms with Gasteiger partial charge in [-0.25, -0.2) is 0 Å². The summed E-state index contributed by atoms with van der Waals surface area (Å²) in [5, 5.41) is 0. The molecule has 92 valence electrons. The van der Waals surface area contributed by atoms with E-state index >= 15 is 0 Å². The van der Waals surface area contributed by atoms with E-state index in [0.717, 1.165) is 5.56 Å². The Morgan fingerprint density at radius 3 is 2.12 bits per heavy atom. The Bertz CT molecular complexity index is 477. The zero-order chi connectivity index (χ0) is 12.8. The van der Waals surface area contributed by atoms with Crippen molar-refractivity contribution >= 4 is 12.7 Å². The lowest BCUT2D eigenvalue weighted by Gasteiger charge is -2.32. The first kappa shape index (κ1) is 12.4. The lowest BCUT2D eigenvalue weighted by molar-refractivity contribution is 0.00578. The van der Waals surface area contributed by atoms with Gasteiger partial charge in [-0.3, -0.25) is 4.79 Å². The monoisotopic (exact) mass is 235 g/mol. The molecule has 0 aliphatic carbocycles. The molecule has 0 bridgehead atoms. The van der Waals surface area contributed by atoms with Gasteiger partial charge < -0.3 is 14.3 Å². The van der Waals surface area contributed by atoms with Gasteiger partial charge in [-0.2, -0.15) is 0 Å². The lowest BCUT2D eigenvalue weighted by Crippen LogP contribution is -2.41. The molecule has 1 fully saturated rings. The number of aryl methyl sites for hydroxylation is 1. The van der Waals surface area contributed by atoms with Crippen molar-refractivity contribution < 1.29 is 9.31 Å². The Kier molecular flexibility index (Phi) is 2.71. The van der Waals surface area contributed by atoms with Crippen LogP contribution < -0.4 is 11.2 Å². The largest absolute Gasteiger partial charge is 0.512 e. The normalized spacial score (nSPS) is 21.8. The first-order chi connectivity index (χ1) is 7.71. The number of aromatic nitrogens is 1. The zero-order valence-electron chi connectivity index (χ0n) is 11.0. The van der Waals surface area contributed by atoms with Crippen LogP contribution in [0.2, 0.25) is 0 Å². The third kappa shape index (κ3) is 2.17. The van der Waals surface area contributed by atoms with Crippen LogP contribution in [0.3, 0.4) is 0 Å². The van der Waals surface area contributed by atoms with E-state index < -0.39 is 18.3 Å². The van der Waals surface area contributed by atoms with Gasteiger partial charge >= 0.3 is 7.12 Å². The molecule has 0 radical (unpaired) electrons. The molecular formula is C12H18BNO3. The summed E-state index contributed by atoms with van der Waals surface area (Å²) in [6, 6.07) is 3.43. The summed E-state index contributed by atoms with van der Waals surface area (Å²) in [5.41, 5.74) is 0.665. The predicted molar refractivity (Wildman–Crippen MR) is 67.5 cm³/mol. The van der Waals surface area contributed by atoms with E-state index in [2.05, 4.69) is 4.98 Å². The maximum absolute atomic E-state index is 11.4. The van der Waals surface area contributed by atoms with Crippen molar-refractivity contribution in [1.82, 2.24) is 4.98 Å². The second kappa shape index (κ2) is 3.72. The fourth-order valence-corrected chi connectivity index (χ4v) is 1.81. The topological polar surface area (TPSA) is 51.3 Å². The van der Waals surface area contributed by atoms with Crippen molar-refractivity contribution in [3.8, 4) is 0 Å². The molecular weight excluding hydrogens is 217 g/mol. The Hall–Kier alpha value is -1.07. The molecule has 1 saturated heterocycles. The summed E-state index contributed by atoms with van der Waals surface area (Å²) in [6.45, 7) is 9.83. The van der Waals surface area contributed by atoms with Crippen LogP contribution in [0.4, 0.5) is 0 Å².